The highest BCUT2D eigenvalue weighted by Crippen LogP contribution is 2.26. The second-order valence-electron chi connectivity index (χ2n) is 4.05. The molecule has 0 bridgehead atoms. The first kappa shape index (κ1) is 14.6. The first-order valence-electron chi connectivity index (χ1n) is 5.42. The Bertz CT molecular complexity index is 765. The number of hydrogen-bond donors (Lipinski definition) is 3. The molecule has 2 rings (SSSR count). The molecule has 0 saturated heterocycles. The molecule has 0 aliphatic carbocycles. The van der Waals surface area contributed by atoms with E-state index in [9.17, 15) is 12.8 Å². The van der Waals surface area contributed by atoms with Crippen LogP contribution in [0.3, 0.4) is 0 Å². The van der Waals surface area contributed by atoms with Crippen LogP contribution in [0.1, 0.15) is 0 Å². The molecular weight excluding hydrogens is 305 g/mol. The maximum Gasteiger partial charge on any atom is 0.240 e. The van der Waals surface area contributed by atoms with E-state index < -0.39 is 15.8 Å². The SMILES string of the molecule is Nc1cc(Nc2ccc(F)c(Cl)c2)ccc1S(N)(=O)=O. The molecule has 0 fully saturated rings. The molecule has 0 heterocycles. The Balaban J connectivity index is 2.31. The number of primary sulfonamides is 1. The van der Waals surface area contributed by atoms with E-state index in [4.69, 9.17) is 22.5 Å². The van der Waals surface area contributed by atoms with Gasteiger partial charge in [-0.1, -0.05) is 11.6 Å². The summed E-state index contributed by atoms with van der Waals surface area (Å²) in [5.74, 6) is -0.527. The van der Waals surface area contributed by atoms with Gasteiger partial charge in [-0.3, -0.25) is 0 Å². The third kappa shape index (κ3) is 3.19. The summed E-state index contributed by atoms with van der Waals surface area (Å²) >= 11 is 5.66. The van der Waals surface area contributed by atoms with Gasteiger partial charge in [0.05, 0.1) is 10.7 Å². The van der Waals surface area contributed by atoms with Gasteiger partial charge in [0.15, 0.2) is 0 Å². The predicted octanol–water partition coefficient (Wildman–Crippen LogP) is 2.45. The Morgan fingerprint density at radius 1 is 1.10 bits per heavy atom. The molecular formula is C12H11ClFN3O2S. The Kier molecular flexibility index (Phi) is 3.85. The van der Waals surface area contributed by atoms with E-state index in [0.29, 0.717) is 11.4 Å². The zero-order valence-electron chi connectivity index (χ0n) is 10.1. The largest absolute Gasteiger partial charge is 0.398 e. The van der Waals surface area contributed by atoms with Gasteiger partial charge in [-0.25, -0.2) is 17.9 Å². The van der Waals surface area contributed by atoms with Crippen molar-refractivity contribution in [2.75, 3.05) is 11.1 Å². The van der Waals surface area contributed by atoms with Crippen molar-refractivity contribution in [3.8, 4) is 0 Å². The van der Waals surface area contributed by atoms with E-state index in [0.717, 1.165) is 0 Å². The molecule has 0 aromatic heterocycles. The highest BCUT2D eigenvalue weighted by molar-refractivity contribution is 7.89. The predicted molar refractivity (Wildman–Crippen MR) is 76.9 cm³/mol. The summed E-state index contributed by atoms with van der Waals surface area (Å²) < 4.78 is 35.5. The van der Waals surface area contributed by atoms with Gasteiger partial charge in [0.25, 0.3) is 0 Å². The zero-order chi connectivity index (χ0) is 14.9. The smallest absolute Gasteiger partial charge is 0.240 e. The van der Waals surface area contributed by atoms with Gasteiger partial charge in [0, 0.05) is 11.4 Å². The van der Waals surface area contributed by atoms with E-state index in [1.807, 2.05) is 0 Å². The summed E-state index contributed by atoms with van der Waals surface area (Å²) in [6.07, 6.45) is 0. The standard InChI is InChI=1S/C12H11ClFN3O2S/c13-9-5-7(1-3-10(9)14)17-8-2-4-12(11(15)6-8)20(16,18)19/h1-6,17H,15H2,(H2,16,18,19). The fourth-order valence-electron chi connectivity index (χ4n) is 1.63. The molecule has 0 saturated carbocycles. The van der Waals surface area contributed by atoms with Crippen LogP contribution >= 0.6 is 11.6 Å². The summed E-state index contributed by atoms with van der Waals surface area (Å²) in [6, 6.07) is 8.31. The molecule has 0 aliphatic rings. The summed E-state index contributed by atoms with van der Waals surface area (Å²) in [7, 11) is -3.86. The maximum absolute atomic E-state index is 13.0. The van der Waals surface area contributed by atoms with E-state index in [-0.39, 0.29) is 15.6 Å². The minimum atomic E-state index is -3.86. The van der Waals surface area contributed by atoms with Crippen LogP contribution < -0.4 is 16.2 Å². The Morgan fingerprint density at radius 2 is 1.70 bits per heavy atom. The minimum Gasteiger partial charge on any atom is -0.398 e. The van der Waals surface area contributed by atoms with Crippen LogP contribution in [-0.2, 0) is 10.0 Å². The van der Waals surface area contributed by atoms with Crippen LogP contribution in [0.4, 0.5) is 21.5 Å². The minimum absolute atomic E-state index is 0.0192. The van der Waals surface area contributed by atoms with Gasteiger partial charge in [-0.05, 0) is 36.4 Å². The fraction of sp³-hybridized carbons (Fsp3) is 0. The van der Waals surface area contributed by atoms with Crippen LogP contribution in [0, 0.1) is 5.82 Å². The number of nitrogen functional groups attached to an aromatic ring is 1. The van der Waals surface area contributed by atoms with Crippen molar-refractivity contribution >= 4 is 38.7 Å². The number of nitrogens with two attached hydrogens (primary N) is 2. The van der Waals surface area contributed by atoms with Crippen LogP contribution in [0.5, 0.6) is 0 Å². The van der Waals surface area contributed by atoms with Crippen molar-refractivity contribution in [3.05, 3.63) is 47.2 Å². The number of halogens is 2. The number of sulfonamides is 1. The van der Waals surface area contributed by atoms with Gasteiger partial charge >= 0.3 is 0 Å². The highest BCUT2D eigenvalue weighted by Gasteiger charge is 2.12. The molecule has 0 amide bonds. The lowest BCUT2D eigenvalue weighted by Crippen LogP contribution is -2.14. The summed E-state index contributed by atoms with van der Waals surface area (Å²) in [5.41, 5.74) is 6.72. The van der Waals surface area contributed by atoms with Gasteiger partial charge in [-0.2, -0.15) is 0 Å². The second-order valence-corrected chi connectivity index (χ2v) is 5.99. The lowest BCUT2D eigenvalue weighted by Gasteiger charge is -2.10. The quantitative estimate of drug-likeness (QED) is 0.758. The molecule has 20 heavy (non-hydrogen) atoms. The topological polar surface area (TPSA) is 98.2 Å². The third-order valence-corrected chi connectivity index (χ3v) is 3.80. The molecule has 106 valence electrons. The summed E-state index contributed by atoms with van der Waals surface area (Å²) in [6.45, 7) is 0. The van der Waals surface area contributed by atoms with E-state index in [1.165, 1.54) is 36.4 Å². The van der Waals surface area contributed by atoms with Crippen molar-refractivity contribution in [3.63, 3.8) is 0 Å². The highest BCUT2D eigenvalue weighted by atomic mass is 35.5. The Morgan fingerprint density at radius 3 is 2.25 bits per heavy atom. The van der Waals surface area contributed by atoms with Crippen LogP contribution in [0.2, 0.25) is 5.02 Å². The molecule has 2 aromatic rings. The number of hydrogen-bond acceptors (Lipinski definition) is 4. The number of nitrogens with one attached hydrogen (secondary N) is 1. The van der Waals surface area contributed by atoms with Crippen molar-refractivity contribution in [2.24, 2.45) is 5.14 Å². The summed E-state index contributed by atoms with van der Waals surface area (Å²) in [4.78, 5) is -0.153. The number of rotatable bonds is 3. The van der Waals surface area contributed by atoms with E-state index >= 15 is 0 Å². The Hall–Kier alpha value is -1.83. The zero-order valence-corrected chi connectivity index (χ0v) is 11.7. The fourth-order valence-corrected chi connectivity index (χ4v) is 2.45. The van der Waals surface area contributed by atoms with Crippen molar-refractivity contribution in [1.29, 1.82) is 0 Å². The van der Waals surface area contributed by atoms with Crippen LogP contribution in [0.15, 0.2) is 41.3 Å². The van der Waals surface area contributed by atoms with Crippen molar-refractivity contribution < 1.29 is 12.8 Å². The summed E-state index contributed by atoms with van der Waals surface area (Å²) in [5, 5.41) is 7.91. The molecule has 0 aliphatic heterocycles. The van der Waals surface area contributed by atoms with Crippen LogP contribution in [-0.4, -0.2) is 8.42 Å². The average molecular weight is 316 g/mol. The van der Waals surface area contributed by atoms with Crippen molar-refractivity contribution in [2.45, 2.75) is 4.90 Å². The second kappa shape index (κ2) is 5.28. The molecule has 5 N–H and O–H groups in total. The normalized spacial score (nSPS) is 11.3. The molecule has 0 atom stereocenters. The molecule has 5 nitrogen and oxygen atoms in total. The Labute approximate surface area is 120 Å². The number of benzene rings is 2. The van der Waals surface area contributed by atoms with Gasteiger partial charge in [-0.15, -0.1) is 0 Å². The van der Waals surface area contributed by atoms with Crippen LogP contribution in [0.25, 0.3) is 0 Å². The van der Waals surface area contributed by atoms with Gasteiger partial charge in [0.1, 0.15) is 10.7 Å². The van der Waals surface area contributed by atoms with Gasteiger partial charge < -0.3 is 11.1 Å². The molecule has 0 unspecified atom stereocenters. The average Bonchev–Trinajstić information content (AvgIpc) is 2.32. The van der Waals surface area contributed by atoms with E-state index in [1.54, 1.807) is 0 Å². The molecule has 2 aromatic carbocycles. The first-order chi connectivity index (χ1) is 9.27. The maximum atomic E-state index is 13.0. The molecule has 0 radical (unpaired) electrons. The van der Waals surface area contributed by atoms with E-state index in [2.05, 4.69) is 5.32 Å². The number of anilines is 3. The monoisotopic (exact) mass is 315 g/mol. The lowest BCUT2D eigenvalue weighted by molar-refractivity contribution is 0.598. The third-order valence-electron chi connectivity index (χ3n) is 2.52. The first-order valence-corrected chi connectivity index (χ1v) is 7.34. The molecule has 0 spiro atoms. The van der Waals surface area contributed by atoms with Crippen molar-refractivity contribution in [1.82, 2.24) is 0 Å². The molecule has 8 heteroatoms. The van der Waals surface area contributed by atoms with Gasteiger partial charge in [0.2, 0.25) is 10.0 Å². The lowest BCUT2D eigenvalue weighted by atomic mass is 10.2.